The van der Waals surface area contributed by atoms with Crippen molar-refractivity contribution in [2.24, 2.45) is 11.0 Å². The second-order valence-corrected chi connectivity index (χ2v) is 4.68. The first-order valence-corrected chi connectivity index (χ1v) is 6.29. The van der Waals surface area contributed by atoms with E-state index in [9.17, 15) is 14.7 Å². The van der Waals surface area contributed by atoms with E-state index in [1.54, 1.807) is 12.1 Å². The molecule has 1 amide bonds. The molecule has 1 atom stereocenters. The maximum atomic E-state index is 12.0. The number of carbonyl (C=O) groups excluding carboxylic acids is 1. The molecule has 1 fully saturated rings. The number of benzene rings is 1. The van der Waals surface area contributed by atoms with Gasteiger partial charge in [-0.2, -0.15) is 0 Å². The quantitative estimate of drug-likeness (QED) is 0.507. The second kappa shape index (κ2) is 6.15. The van der Waals surface area contributed by atoms with Crippen LogP contribution in [0.1, 0.15) is 16.8 Å². The summed E-state index contributed by atoms with van der Waals surface area (Å²) in [5.41, 5.74) is 8.66. The lowest BCUT2D eigenvalue weighted by atomic mass is 10.1. The summed E-state index contributed by atoms with van der Waals surface area (Å²) in [5.74, 6) is -0.999. The predicted molar refractivity (Wildman–Crippen MR) is 74.4 cm³/mol. The number of rotatable bonds is 5. The van der Waals surface area contributed by atoms with Gasteiger partial charge in [0.15, 0.2) is 0 Å². The third kappa shape index (κ3) is 3.06. The molecule has 0 bridgehead atoms. The van der Waals surface area contributed by atoms with Gasteiger partial charge in [0, 0.05) is 24.4 Å². The zero-order valence-electron chi connectivity index (χ0n) is 11.4. The molecule has 1 aromatic carbocycles. The number of hydrogen-bond acceptors (Lipinski definition) is 4. The van der Waals surface area contributed by atoms with E-state index in [-0.39, 0.29) is 30.4 Å². The first-order chi connectivity index (χ1) is 10.1. The normalized spacial score (nSPS) is 17.5. The Hall–Kier alpha value is -2.73. The topological polar surface area (TPSA) is 116 Å². The lowest BCUT2D eigenvalue weighted by Crippen LogP contribution is -2.26. The van der Waals surface area contributed by atoms with Crippen molar-refractivity contribution in [2.45, 2.75) is 6.42 Å². The molecule has 1 aliphatic heterocycles. The molecule has 1 unspecified atom stereocenters. The Balaban J connectivity index is 2.31. The van der Waals surface area contributed by atoms with E-state index in [2.05, 4.69) is 10.0 Å². The number of hydrogen-bond donors (Lipinski definition) is 1. The molecule has 8 heteroatoms. The van der Waals surface area contributed by atoms with Crippen molar-refractivity contribution < 1.29 is 19.4 Å². The Morgan fingerprint density at radius 2 is 2.38 bits per heavy atom. The molecule has 1 heterocycles. The van der Waals surface area contributed by atoms with E-state index in [0.717, 1.165) is 0 Å². The van der Waals surface area contributed by atoms with Gasteiger partial charge in [-0.15, -0.1) is 0 Å². The van der Waals surface area contributed by atoms with Crippen molar-refractivity contribution >= 4 is 17.6 Å². The standard InChI is InChI=1S/C13H14N4O4/c1-21-9-2-3-11(10(5-9)13(19)20)17-7-8(4-12(17)18)6-15-16-14/h2-3,5,8H,4,6-7H2,1H3,(H,19,20). The molecule has 1 aromatic rings. The fourth-order valence-corrected chi connectivity index (χ4v) is 2.34. The second-order valence-electron chi connectivity index (χ2n) is 4.68. The average molecular weight is 290 g/mol. The third-order valence-electron chi connectivity index (χ3n) is 3.33. The number of carbonyl (C=O) groups is 2. The Kier molecular flexibility index (Phi) is 4.30. The number of methoxy groups -OCH3 is 1. The lowest BCUT2D eigenvalue weighted by molar-refractivity contribution is -0.117. The molecule has 2 rings (SSSR count). The van der Waals surface area contributed by atoms with E-state index in [1.165, 1.54) is 18.1 Å². The number of amides is 1. The van der Waals surface area contributed by atoms with Crippen molar-refractivity contribution in [3.8, 4) is 5.75 Å². The van der Waals surface area contributed by atoms with Crippen LogP contribution in [0.4, 0.5) is 5.69 Å². The van der Waals surface area contributed by atoms with Gasteiger partial charge in [0.25, 0.3) is 0 Å². The van der Waals surface area contributed by atoms with Crippen LogP contribution in [0.5, 0.6) is 5.75 Å². The smallest absolute Gasteiger partial charge is 0.337 e. The fourth-order valence-electron chi connectivity index (χ4n) is 2.34. The number of aromatic carboxylic acids is 1. The summed E-state index contributed by atoms with van der Waals surface area (Å²) in [6.07, 6.45) is 0.240. The first kappa shape index (κ1) is 14.7. The Morgan fingerprint density at radius 3 is 3.00 bits per heavy atom. The summed E-state index contributed by atoms with van der Waals surface area (Å²) in [7, 11) is 1.44. The van der Waals surface area contributed by atoms with Gasteiger partial charge in [0.2, 0.25) is 5.91 Å². The monoisotopic (exact) mass is 290 g/mol. The molecule has 1 saturated heterocycles. The SMILES string of the molecule is COc1ccc(N2CC(CN=[N+]=[N-])CC2=O)c(C(=O)O)c1. The number of ether oxygens (including phenoxy) is 1. The van der Waals surface area contributed by atoms with Gasteiger partial charge >= 0.3 is 5.97 Å². The molecular weight excluding hydrogens is 276 g/mol. The van der Waals surface area contributed by atoms with Crippen molar-refractivity contribution in [3.63, 3.8) is 0 Å². The highest BCUT2D eigenvalue weighted by Gasteiger charge is 2.32. The van der Waals surface area contributed by atoms with E-state index in [0.29, 0.717) is 18.0 Å². The summed E-state index contributed by atoms with van der Waals surface area (Å²) in [6, 6.07) is 4.54. The van der Waals surface area contributed by atoms with E-state index >= 15 is 0 Å². The number of azide groups is 1. The van der Waals surface area contributed by atoms with Gasteiger partial charge in [-0.05, 0) is 29.6 Å². The highest BCUT2D eigenvalue weighted by molar-refractivity contribution is 6.03. The van der Waals surface area contributed by atoms with E-state index < -0.39 is 5.97 Å². The van der Waals surface area contributed by atoms with Gasteiger partial charge in [0.05, 0.1) is 18.4 Å². The van der Waals surface area contributed by atoms with Gasteiger partial charge in [-0.25, -0.2) is 4.79 Å². The molecule has 110 valence electrons. The summed E-state index contributed by atoms with van der Waals surface area (Å²) in [4.78, 5) is 27.5. The largest absolute Gasteiger partial charge is 0.497 e. The van der Waals surface area contributed by atoms with Crippen LogP contribution in [0.2, 0.25) is 0 Å². The van der Waals surface area contributed by atoms with Crippen LogP contribution in [-0.2, 0) is 4.79 Å². The molecule has 1 aliphatic rings. The number of carboxylic acids is 1. The maximum absolute atomic E-state index is 12.0. The summed E-state index contributed by atoms with van der Waals surface area (Å²) in [6.45, 7) is 0.557. The molecule has 0 radical (unpaired) electrons. The summed E-state index contributed by atoms with van der Waals surface area (Å²) < 4.78 is 5.00. The fraction of sp³-hybridized carbons (Fsp3) is 0.385. The molecule has 1 N–H and O–H groups in total. The third-order valence-corrected chi connectivity index (χ3v) is 3.33. The minimum Gasteiger partial charge on any atom is -0.497 e. The molecule has 0 aromatic heterocycles. The van der Waals surface area contributed by atoms with Gasteiger partial charge in [-0.1, -0.05) is 5.11 Å². The van der Waals surface area contributed by atoms with Crippen LogP contribution in [0.25, 0.3) is 10.4 Å². The van der Waals surface area contributed by atoms with E-state index in [1.807, 2.05) is 0 Å². The van der Waals surface area contributed by atoms with Crippen LogP contribution in [-0.4, -0.2) is 37.2 Å². The molecule has 8 nitrogen and oxygen atoms in total. The highest BCUT2D eigenvalue weighted by atomic mass is 16.5. The summed E-state index contributed by atoms with van der Waals surface area (Å²) >= 11 is 0. The van der Waals surface area contributed by atoms with Crippen molar-refractivity contribution in [3.05, 3.63) is 34.2 Å². The number of nitrogens with zero attached hydrogens (tertiary/aromatic N) is 4. The van der Waals surface area contributed by atoms with Crippen LogP contribution in [0.15, 0.2) is 23.3 Å². The first-order valence-electron chi connectivity index (χ1n) is 6.29. The highest BCUT2D eigenvalue weighted by Crippen LogP contribution is 2.31. The van der Waals surface area contributed by atoms with Crippen molar-refractivity contribution in [2.75, 3.05) is 25.1 Å². The lowest BCUT2D eigenvalue weighted by Gasteiger charge is -2.19. The number of carboxylic acid groups (broad SMARTS) is 1. The molecule has 21 heavy (non-hydrogen) atoms. The zero-order chi connectivity index (χ0) is 15.4. The minimum absolute atomic E-state index is 0.00661. The average Bonchev–Trinajstić information content (AvgIpc) is 2.85. The Morgan fingerprint density at radius 1 is 1.62 bits per heavy atom. The number of anilines is 1. The predicted octanol–water partition coefficient (Wildman–Crippen LogP) is 2.06. The van der Waals surface area contributed by atoms with Gasteiger partial charge in [-0.3, -0.25) is 4.79 Å². The van der Waals surface area contributed by atoms with Crippen molar-refractivity contribution in [1.82, 2.24) is 0 Å². The maximum Gasteiger partial charge on any atom is 0.337 e. The van der Waals surface area contributed by atoms with Crippen LogP contribution in [0, 0.1) is 5.92 Å². The van der Waals surface area contributed by atoms with Crippen LogP contribution in [0.3, 0.4) is 0 Å². The van der Waals surface area contributed by atoms with Gasteiger partial charge < -0.3 is 14.7 Å². The zero-order valence-corrected chi connectivity index (χ0v) is 11.4. The molecule has 0 spiro atoms. The van der Waals surface area contributed by atoms with Crippen molar-refractivity contribution in [1.29, 1.82) is 0 Å². The molecule has 0 saturated carbocycles. The van der Waals surface area contributed by atoms with Gasteiger partial charge in [0.1, 0.15) is 5.75 Å². The minimum atomic E-state index is -1.13. The Labute approximate surface area is 120 Å². The Bertz CT molecular complexity index is 625. The molecular formula is C13H14N4O4. The molecule has 0 aliphatic carbocycles. The van der Waals surface area contributed by atoms with E-state index in [4.69, 9.17) is 10.3 Å². The van der Waals surface area contributed by atoms with Crippen LogP contribution >= 0.6 is 0 Å². The summed E-state index contributed by atoms with van der Waals surface area (Å²) in [5, 5.41) is 12.7. The van der Waals surface area contributed by atoms with Crippen LogP contribution < -0.4 is 9.64 Å².